The Morgan fingerprint density at radius 1 is 1.09 bits per heavy atom. The Balaban J connectivity index is 1.90. The number of nitrogens with zero attached hydrogens (tertiary/aromatic N) is 1. The number of aryl methyl sites for hydroxylation is 2. The molecule has 1 aliphatic rings. The summed E-state index contributed by atoms with van der Waals surface area (Å²) in [7, 11) is -1.88. The standard InChI is InChI=1S/C17H18N2O3S/c1-12-4-3-5-15(10-12)23(21,22)18-14-7-8-16-13(11-14)6-9-17(20)19(16)2/h3-5,7-8,10-11,18H,6,9H2,1-2H3. The third-order valence-corrected chi connectivity index (χ3v) is 5.35. The van der Waals surface area contributed by atoms with Crippen molar-refractivity contribution in [2.24, 2.45) is 0 Å². The first-order chi connectivity index (χ1) is 10.9. The van der Waals surface area contributed by atoms with Gasteiger partial charge in [0.25, 0.3) is 10.0 Å². The van der Waals surface area contributed by atoms with Crippen molar-refractivity contribution in [3.05, 3.63) is 53.6 Å². The fourth-order valence-corrected chi connectivity index (χ4v) is 3.87. The lowest BCUT2D eigenvalue weighted by atomic mass is 10.0. The second-order valence-electron chi connectivity index (χ2n) is 5.72. The predicted molar refractivity (Wildman–Crippen MR) is 90.2 cm³/mol. The fraction of sp³-hybridized carbons (Fsp3) is 0.235. The van der Waals surface area contributed by atoms with E-state index in [0.29, 0.717) is 18.5 Å². The normalized spacial score (nSPS) is 14.5. The highest BCUT2D eigenvalue weighted by atomic mass is 32.2. The molecular weight excluding hydrogens is 312 g/mol. The number of hydrogen-bond acceptors (Lipinski definition) is 3. The molecular formula is C17H18N2O3S. The molecule has 5 nitrogen and oxygen atoms in total. The number of nitrogens with one attached hydrogen (secondary N) is 1. The van der Waals surface area contributed by atoms with E-state index < -0.39 is 10.0 Å². The third-order valence-electron chi connectivity index (χ3n) is 3.98. The summed E-state index contributed by atoms with van der Waals surface area (Å²) in [5.41, 5.74) is 3.20. The summed E-state index contributed by atoms with van der Waals surface area (Å²) in [4.78, 5) is 13.5. The van der Waals surface area contributed by atoms with Crippen LogP contribution in [0.1, 0.15) is 17.5 Å². The number of rotatable bonds is 3. The van der Waals surface area contributed by atoms with Gasteiger partial charge in [-0.1, -0.05) is 12.1 Å². The van der Waals surface area contributed by atoms with Crippen molar-refractivity contribution in [1.29, 1.82) is 0 Å². The Morgan fingerprint density at radius 3 is 2.61 bits per heavy atom. The van der Waals surface area contributed by atoms with Crippen LogP contribution in [-0.2, 0) is 21.2 Å². The molecule has 6 heteroatoms. The van der Waals surface area contributed by atoms with Crippen molar-refractivity contribution in [3.63, 3.8) is 0 Å². The molecule has 1 N–H and O–H groups in total. The third kappa shape index (κ3) is 3.07. The van der Waals surface area contributed by atoms with Gasteiger partial charge in [0.15, 0.2) is 0 Å². The number of anilines is 2. The molecule has 2 aromatic rings. The van der Waals surface area contributed by atoms with Crippen LogP contribution in [0.15, 0.2) is 47.4 Å². The molecule has 120 valence electrons. The smallest absolute Gasteiger partial charge is 0.261 e. The average Bonchev–Trinajstić information content (AvgIpc) is 2.51. The number of carbonyl (C=O) groups excluding carboxylic acids is 1. The van der Waals surface area contributed by atoms with Crippen molar-refractivity contribution in [2.75, 3.05) is 16.7 Å². The lowest BCUT2D eigenvalue weighted by Gasteiger charge is -2.26. The first-order valence-electron chi connectivity index (χ1n) is 7.36. The number of sulfonamides is 1. The lowest BCUT2D eigenvalue weighted by Crippen LogP contribution is -2.31. The molecule has 1 heterocycles. The fourth-order valence-electron chi connectivity index (χ4n) is 2.72. The van der Waals surface area contributed by atoms with Gasteiger partial charge in [0.05, 0.1) is 4.90 Å². The zero-order chi connectivity index (χ0) is 16.6. The molecule has 0 aromatic heterocycles. The number of amides is 1. The highest BCUT2D eigenvalue weighted by Crippen LogP contribution is 2.30. The van der Waals surface area contributed by atoms with Crippen LogP contribution < -0.4 is 9.62 Å². The van der Waals surface area contributed by atoms with Crippen LogP contribution >= 0.6 is 0 Å². The highest BCUT2D eigenvalue weighted by molar-refractivity contribution is 7.92. The Hall–Kier alpha value is -2.34. The topological polar surface area (TPSA) is 66.5 Å². The highest BCUT2D eigenvalue weighted by Gasteiger charge is 2.22. The molecule has 0 aliphatic carbocycles. The second-order valence-corrected chi connectivity index (χ2v) is 7.40. The van der Waals surface area contributed by atoms with Gasteiger partial charge in [-0.2, -0.15) is 0 Å². The van der Waals surface area contributed by atoms with Gasteiger partial charge in [-0.05, 0) is 54.8 Å². The summed E-state index contributed by atoms with van der Waals surface area (Å²) in [6, 6.07) is 12.0. The van der Waals surface area contributed by atoms with E-state index in [2.05, 4.69) is 4.72 Å². The van der Waals surface area contributed by atoms with Crippen molar-refractivity contribution < 1.29 is 13.2 Å². The summed E-state index contributed by atoms with van der Waals surface area (Å²) in [6.07, 6.45) is 1.07. The van der Waals surface area contributed by atoms with Crippen LogP contribution in [0.5, 0.6) is 0 Å². The van der Waals surface area contributed by atoms with Crippen molar-refractivity contribution in [3.8, 4) is 0 Å². The average molecular weight is 330 g/mol. The Labute approximate surface area is 136 Å². The van der Waals surface area contributed by atoms with E-state index in [0.717, 1.165) is 16.8 Å². The molecule has 1 aliphatic heterocycles. The first kappa shape index (κ1) is 15.6. The molecule has 0 saturated carbocycles. The van der Waals surface area contributed by atoms with E-state index in [-0.39, 0.29) is 10.8 Å². The molecule has 0 bridgehead atoms. The summed E-state index contributed by atoms with van der Waals surface area (Å²) in [6.45, 7) is 1.85. The summed E-state index contributed by atoms with van der Waals surface area (Å²) >= 11 is 0. The van der Waals surface area contributed by atoms with Gasteiger partial charge in [0.2, 0.25) is 5.91 Å². The number of carbonyl (C=O) groups is 1. The zero-order valence-corrected chi connectivity index (χ0v) is 13.9. The van der Waals surface area contributed by atoms with Gasteiger partial charge < -0.3 is 4.90 Å². The number of fused-ring (bicyclic) bond motifs is 1. The number of benzene rings is 2. The zero-order valence-electron chi connectivity index (χ0n) is 13.0. The Morgan fingerprint density at radius 2 is 1.87 bits per heavy atom. The van der Waals surface area contributed by atoms with E-state index in [1.807, 2.05) is 13.0 Å². The molecule has 23 heavy (non-hydrogen) atoms. The van der Waals surface area contributed by atoms with Crippen molar-refractivity contribution >= 4 is 27.3 Å². The largest absolute Gasteiger partial charge is 0.315 e. The molecule has 1 amide bonds. The van der Waals surface area contributed by atoms with Gasteiger partial charge in [-0.3, -0.25) is 9.52 Å². The van der Waals surface area contributed by atoms with E-state index in [1.165, 1.54) is 0 Å². The molecule has 0 unspecified atom stereocenters. The van der Waals surface area contributed by atoms with Crippen molar-refractivity contribution in [1.82, 2.24) is 0 Å². The molecule has 3 rings (SSSR count). The van der Waals surface area contributed by atoms with Gasteiger partial charge in [0.1, 0.15) is 0 Å². The first-order valence-corrected chi connectivity index (χ1v) is 8.84. The molecule has 0 fully saturated rings. The lowest BCUT2D eigenvalue weighted by molar-refractivity contribution is -0.118. The van der Waals surface area contributed by atoms with Gasteiger partial charge >= 0.3 is 0 Å². The quantitative estimate of drug-likeness (QED) is 0.941. The maximum Gasteiger partial charge on any atom is 0.261 e. The maximum absolute atomic E-state index is 12.5. The van der Waals surface area contributed by atoms with E-state index >= 15 is 0 Å². The van der Waals surface area contributed by atoms with E-state index in [9.17, 15) is 13.2 Å². The van der Waals surface area contributed by atoms with Crippen LogP contribution in [0, 0.1) is 6.92 Å². The maximum atomic E-state index is 12.5. The van der Waals surface area contributed by atoms with Gasteiger partial charge in [0, 0.05) is 24.8 Å². The predicted octanol–water partition coefficient (Wildman–Crippen LogP) is 2.70. The minimum atomic E-state index is -3.62. The number of hydrogen-bond donors (Lipinski definition) is 1. The SMILES string of the molecule is Cc1cccc(S(=O)(=O)Nc2ccc3c(c2)CCC(=O)N3C)c1. The van der Waals surface area contributed by atoms with Crippen LogP contribution in [0.4, 0.5) is 11.4 Å². The minimum Gasteiger partial charge on any atom is -0.315 e. The van der Waals surface area contributed by atoms with Crippen LogP contribution in [0.2, 0.25) is 0 Å². The summed E-state index contributed by atoms with van der Waals surface area (Å²) in [5, 5.41) is 0. The molecule has 2 aromatic carbocycles. The van der Waals surface area contributed by atoms with Gasteiger partial charge in [-0.25, -0.2) is 8.42 Å². The van der Waals surface area contributed by atoms with Crippen LogP contribution in [0.3, 0.4) is 0 Å². The van der Waals surface area contributed by atoms with Gasteiger partial charge in [-0.15, -0.1) is 0 Å². The minimum absolute atomic E-state index is 0.0746. The Bertz CT molecular complexity index is 875. The second kappa shape index (κ2) is 5.70. The van der Waals surface area contributed by atoms with E-state index in [1.54, 1.807) is 48.3 Å². The van der Waals surface area contributed by atoms with Crippen molar-refractivity contribution in [2.45, 2.75) is 24.7 Å². The van der Waals surface area contributed by atoms with Crippen LogP contribution in [0.25, 0.3) is 0 Å². The monoisotopic (exact) mass is 330 g/mol. The van der Waals surface area contributed by atoms with E-state index in [4.69, 9.17) is 0 Å². The molecule has 0 saturated heterocycles. The molecule has 0 spiro atoms. The van der Waals surface area contributed by atoms with Crippen LogP contribution in [-0.4, -0.2) is 21.4 Å². The Kier molecular flexibility index (Phi) is 3.85. The summed E-state index contributed by atoms with van der Waals surface area (Å²) in [5.74, 6) is 0.0746. The summed E-state index contributed by atoms with van der Waals surface area (Å²) < 4.78 is 27.5. The molecule has 0 atom stereocenters. The molecule has 0 radical (unpaired) electrons.